The molecule has 1 aliphatic carbocycles. The molecular formula is C15H30N2O. The first-order valence-electron chi connectivity index (χ1n) is 7.49. The SMILES string of the molecule is CC1CC(C)C(CN2CCOC(C)(C)C2)C(N)C1. The van der Waals surface area contributed by atoms with Gasteiger partial charge in [-0.05, 0) is 44.4 Å². The minimum absolute atomic E-state index is 0.00748. The fourth-order valence-electron chi connectivity index (χ4n) is 3.85. The lowest BCUT2D eigenvalue weighted by atomic mass is 9.72. The molecule has 106 valence electrons. The zero-order valence-corrected chi connectivity index (χ0v) is 12.5. The molecule has 2 fully saturated rings. The summed E-state index contributed by atoms with van der Waals surface area (Å²) in [5, 5.41) is 0. The minimum atomic E-state index is 0.00748. The Kier molecular flexibility index (Phi) is 4.35. The summed E-state index contributed by atoms with van der Waals surface area (Å²) in [5.41, 5.74) is 6.39. The second-order valence-electron chi connectivity index (χ2n) is 7.22. The first-order chi connectivity index (χ1) is 8.37. The number of rotatable bonds is 2. The van der Waals surface area contributed by atoms with Gasteiger partial charge in [-0.3, -0.25) is 4.90 Å². The van der Waals surface area contributed by atoms with E-state index in [2.05, 4.69) is 32.6 Å². The van der Waals surface area contributed by atoms with Crippen molar-refractivity contribution in [3.63, 3.8) is 0 Å². The van der Waals surface area contributed by atoms with Crippen LogP contribution < -0.4 is 5.73 Å². The smallest absolute Gasteiger partial charge is 0.0753 e. The van der Waals surface area contributed by atoms with E-state index in [0.29, 0.717) is 12.0 Å². The lowest BCUT2D eigenvalue weighted by Gasteiger charge is -2.44. The Morgan fingerprint density at radius 1 is 1.28 bits per heavy atom. The van der Waals surface area contributed by atoms with Crippen molar-refractivity contribution in [1.82, 2.24) is 4.90 Å². The zero-order chi connectivity index (χ0) is 13.3. The van der Waals surface area contributed by atoms with E-state index in [0.717, 1.165) is 38.1 Å². The standard InChI is InChI=1S/C15H30N2O/c1-11-7-12(2)13(14(16)8-11)9-17-5-6-18-15(3,4)10-17/h11-14H,5-10,16H2,1-4H3. The number of hydrogen-bond donors (Lipinski definition) is 1. The Labute approximate surface area is 112 Å². The summed E-state index contributed by atoms with van der Waals surface area (Å²) in [6, 6.07) is 0.384. The summed E-state index contributed by atoms with van der Waals surface area (Å²) in [6.07, 6.45) is 2.54. The predicted molar refractivity (Wildman–Crippen MR) is 75.5 cm³/mol. The fourth-order valence-corrected chi connectivity index (χ4v) is 3.85. The second kappa shape index (κ2) is 5.48. The van der Waals surface area contributed by atoms with E-state index in [1.165, 1.54) is 12.8 Å². The van der Waals surface area contributed by atoms with Crippen molar-refractivity contribution < 1.29 is 4.74 Å². The number of hydrogen-bond acceptors (Lipinski definition) is 3. The maximum absolute atomic E-state index is 6.39. The molecule has 0 aromatic heterocycles. The molecule has 0 aromatic carbocycles. The molecule has 4 unspecified atom stereocenters. The molecule has 0 amide bonds. The first-order valence-corrected chi connectivity index (χ1v) is 7.49. The van der Waals surface area contributed by atoms with Gasteiger partial charge in [0.2, 0.25) is 0 Å². The van der Waals surface area contributed by atoms with E-state index in [-0.39, 0.29) is 5.60 Å². The third-order valence-corrected chi connectivity index (χ3v) is 4.70. The van der Waals surface area contributed by atoms with Crippen molar-refractivity contribution in [3.8, 4) is 0 Å². The predicted octanol–water partition coefficient (Wildman–Crippen LogP) is 2.11. The number of morpholine rings is 1. The average molecular weight is 254 g/mol. The molecule has 3 heteroatoms. The Balaban J connectivity index is 1.92. The summed E-state index contributed by atoms with van der Waals surface area (Å²) >= 11 is 0. The van der Waals surface area contributed by atoms with Crippen LogP contribution in [0, 0.1) is 17.8 Å². The molecule has 3 nitrogen and oxygen atoms in total. The van der Waals surface area contributed by atoms with Crippen LogP contribution in [0.5, 0.6) is 0 Å². The zero-order valence-electron chi connectivity index (χ0n) is 12.5. The van der Waals surface area contributed by atoms with Crippen LogP contribution in [0.1, 0.15) is 40.5 Å². The average Bonchev–Trinajstić information content (AvgIpc) is 2.22. The molecule has 18 heavy (non-hydrogen) atoms. The molecule has 1 aliphatic heterocycles. The minimum Gasteiger partial charge on any atom is -0.373 e. The van der Waals surface area contributed by atoms with Crippen LogP contribution in [0.25, 0.3) is 0 Å². The second-order valence-corrected chi connectivity index (χ2v) is 7.22. The number of nitrogens with two attached hydrogens (primary N) is 1. The maximum Gasteiger partial charge on any atom is 0.0753 e. The van der Waals surface area contributed by atoms with Crippen molar-refractivity contribution in [2.75, 3.05) is 26.2 Å². The number of ether oxygens (including phenoxy) is 1. The van der Waals surface area contributed by atoms with Crippen LogP contribution in [0.3, 0.4) is 0 Å². The molecule has 2 rings (SSSR count). The molecule has 2 aliphatic rings. The summed E-state index contributed by atoms with van der Waals surface area (Å²) in [6.45, 7) is 13.2. The van der Waals surface area contributed by atoms with Gasteiger partial charge in [0.25, 0.3) is 0 Å². The van der Waals surface area contributed by atoms with Gasteiger partial charge < -0.3 is 10.5 Å². The summed E-state index contributed by atoms with van der Waals surface area (Å²) in [5.74, 6) is 2.22. The molecule has 2 N–H and O–H groups in total. The van der Waals surface area contributed by atoms with Crippen LogP contribution in [-0.2, 0) is 4.74 Å². The van der Waals surface area contributed by atoms with Gasteiger partial charge in [0, 0.05) is 25.7 Å². The lowest BCUT2D eigenvalue weighted by molar-refractivity contribution is -0.0926. The molecule has 1 saturated heterocycles. The van der Waals surface area contributed by atoms with Gasteiger partial charge in [0.05, 0.1) is 12.2 Å². The molecule has 0 bridgehead atoms. The van der Waals surface area contributed by atoms with Gasteiger partial charge in [0.15, 0.2) is 0 Å². The van der Waals surface area contributed by atoms with Crippen LogP contribution in [0.15, 0.2) is 0 Å². The highest BCUT2D eigenvalue weighted by Crippen LogP contribution is 2.33. The highest BCUT2D eigenvalue weighted by atomic mass is 16.5. The largest absolute Gasteiger partial charge is 0.373 e. The summed E-state index contributed by atoms with van der Waals surface area (Å²) < 4.78 is 5.78. The van der Waals surface area contributed by atoms with E-state index in [4.69, 9.17) is 10.5 Å². The quantitative estimate of drug-likeness (QED) is 0.820. The van der Waals surface area contributed by atoms with Crippen LogP contribution in [-0.4, -0.2) is 42.8 Å². The topological polar surface area (TPSA) is 38.5 Å². The molecule has 0 radical (unpaired) electrons. The Morgan fingerprint density at radius 2 is 2.00 bits per heavy atom. The molecule has 0 spiro atoms. The van der Waals surface area contributed by atoms with Gasteiger partial charge in [-0.15, -0.1) is 0 Å². The van der Waals surface area contributed by atoms with E-state index < -0.39 is 0 Å². The Hall–Kier alpha value is -0.120. The van der Waals surface area contributed by atoms with Crippen LogP contribution in [0.2, 0.25) is 0 Å². The van der Waals surface area contributed by atoms with E-state index in [1.807, 2.05) is 0 Å². The van der Waals surface area contributed by atoms with Gasteiger partial charge >= 0.3 is 0 Å². The van der Waals surface area contributed by atoms with Crippen molar-refractivity contribution in [2.45, 2.75) is 52.2 Å². The summed E-state index contributed by atoms with van der Waals surface area (Å²) in [4.78, 5) is 2.56. The van der Waals surface area contributed by atoms with Crippen molar-refractivity contribution in [2.24, 2.45) is 23.5 Å². The van der Waals surface area contributed by atoms with E-state index in [1.54, 1.807) is 0 Å². The van der Waals surface area contributed by atoms with Crippen molar-refractivity contribution in [3.05, 3.63) is 0 Å². The maximum atomic E-state index is 6.39. The molecule has 4 atom stereocenters. The molecule has 1 heterocycles. The van der Waals surface area contributed by atoms with Gasteiger partial charge in [-0.2, -0.15) is 0 Å². The summed E-state index contributed by atoms with van der Waals surface area (Å²) in [7, 11) is 0. The first kappa shape index (κ1) is 14.3. The highest BCUT2D eigenvalue weighted by molar-refractivity contribution is 4.89. The molecule has 1 saturated carbocycles. The van der Waals surface area contributed by atoms with Crippen LogP contribution in [0.4, 0.5) is 0 Å². The van der Waals surface area contributed by atoms with Gasteiger partial charge in [0.1, 0.15) is 0 Å². The monoisotopic (exact) mass is 254 g/mol. The highest BCUT2D eigenvalue weighted by Gasteiger charge is 2.35. The third-order valence-electron chi connectivity index (χ3n) is 4.70. The van der Waals surface area contributed by atoms with Crippen LogP contribution >= 0.6 is 0 Å². The van der Waals surface area contributed by atoms with E-state index in [9.17, 15) is 0 Å². The van der Waals surface area contributed by atoms with Crippen molar-refractivity contribution in [1.29, 1.82) is 0 Å². The third kappa shape index (κ3) is 3.46. The molecule has 0 aromatic rings. The number of nitrogens with zero attached hydrogens (tertiary/aromatic N) is 1. The van der Waals surface area contributed by atoms with Crippen molar-refractivity contribution >= 4 is 0 Å². The molecular weight excluding hydrogens is 224 g/mol. The lowest BCUT2D eigenvalue weighted by Crippen LogP contribution is -2.53. The Bertz CT molecular complexity index is 268. The fraction of sp³-hybridized carbons (Fsp3) is 1.00. The van der Waals surface area contributed by atoms with E-state index >= 15 is 0 Å². The van der Waals surface area contributed by atoms with Gasteiger partial charge in [-0.1, -0.05) is 13.8 Å². The van der Waals surface area contributed by atoms with Gasteiger partial charge in [-0.25, -0.2) is 0 Å². The normalized spacial score (nSPS) is 41.8. The Morgan fingerprint density at radius 3 is 2.61 bits per heavy atom.